The van der Waals surface area contributed by atoms with Crippen molar-refractivity contribution in [3.8, 4) is 11.1 Å². The SMILES string of the molecule is Cc1cc(-c2ccccc2)c2nc(S(=O)(=O)O)sc2c1. The van der Waals surface area contributed by atoms with Gasteiger partial charge in [-0.1, -0.05) is 30.3 Å². The van der Waals surface area contributed by atoms with Gasteiger partial charge in [-0.15, -0.1) is 11.3 Å². The van der Waals surface area contributed by atoms with E-state index in [1.54, 1.807) is 0 Å². The van der Waals surface area contributed by atoms with E-state index in [2.05, 4.69) is 4.98 Å². The first-order chi connectivity index (χ1) is 9.45. The molecule has 1 N–H and O–H groups in total. The van der Waals surface area contributed by atoms with Gasteiger partial charge in [-0.2, -0.15) is 8.42 Å². The van der Waals surface area contributed by atoms with Crippen LogP contribution in [0.1, 0.15) is 5.56 Å². The van der Waals surface area contributed by atoms with Gasteiger partial charge in [0.2, 0.25) is 4.34 Å². The summed E-state index contributed by atoms with van der Waals surface area (Å²) in [5.74, 6) is 0. The van der Waals surface area contributed by atoms with E-state index in [-0.39, 0.29) is 4.34 Å². The normalized spacial score (nSPS) is 11.9. The molecule has 0 bridgehead atoms. The Morgan fingerprint density at radius 2 is 1.85 bits per heavy atom. The summed E-state index contributed by atoms with van der Waals surface area (Å²) < 4.78 is 32.1. The van der Waals surface area contributed by atoms with Gasteiger partial charge in [-0.05, 0) is 30.2 Å². The third-order valence-corrected chi connectivity index (χ3v) is 5.14. The molecular weight excluding hydrogens is 294 g/mol. The van der Waals surface area contributed by atoms with Gasteiger partial charge >= 0.3 is 10.1 Å². The zero-order valence-electron chi connectivity index (χ0n) is 10.6. The first-order valence-electron chi connectivity index (χ1n) is 5.89. The molecule has 0 saturated heterocycles. The molecule has 0 unspecified atom stereocenters. The predicted molar refractivity (Wildman–Crippen MR) is 79.6 cm³/mol. The Hall–Kier alpha value is -1.76. The first kappa shape index (κ1) is 13.2. The Bertz CT molecular complexity index is 883. The summed E-state index contributed by atoms with van der Waals surface area (Å²) in [4.78, 5) is 4.08. The summed E-state index contributed by atoms with van der Waals surface area (Å²) in [6.45, 7) is 1.94. The van der Waals surface area contributed by atoms with Gasteiger partial charge in [-0.3, -0.25) is 4.55 Å². The number of aromatic nitrogens is 1. The maximum Gasteiger partial charge on any atom is 0.322 e. The molecule has 0 atom stereocenters. The molecule has 2 aromatic carbocycles. The number of benzene rings is 2. The lowest BCUT2D eigenvalue weighted by Crippen LogP contribution is -1.96. The molecule has 0 aliphatic heterocycles. The van der Waals surface area contributed by atoms with Crippen molar-refractivity contribution in [2.45, 2.75) is 11.3 Å². The van der Waals surface area contributed by atoms with Crippen molar-refractivity contribution in [1.82, 2.24) is 4.98 Å². The first-order valence-corrected chi connectivity index (χ1v) is 8.15. The highest BCUT2D eigenvalue weighted by atomic mass is 32.3. The van der Waals surface area contributed by atoms with E-state index in [0.717, 1.165) is 32.7 Å². The molecule has 0 amide bonds. The van der Waals surface area contributed by atoms with Gasteiger partial charge in [0, 0.05) is 5.56 Å². The van der Waals surface area contributed by atoms with Gasteiger partial charge in [0.25, 0.3) is 0 Å². The van der Waals surface area contributed by atoms with Crippen LogP contribution in [0.4, 0.5) is 0 Å². The zero-order valence-corrected chi connectivity index (χ0v) is 12.2. The summed E-state index contributed by atoms with van der Waals surface area (Å²) >= 11 is 0.978. The van der Waals surface area contributed by atoms with E-state index in [1.807, 2.05) is 49.4 Å². The van der Waals surface area contributed by atoms with Crippen molar-refractivity contribution < 1.29 is 13.0 Å². The third-order valence-electron chi connectivity index (χ3n) is 2.93. The van der Waals surface area contributed by atoms with Gasteiger partial charge in [0.15, 0.2) is 0 Å². The lowest BCUT2D eigenvalue weighted by Gasteiger charge is -2.04. The van der Waals surface area contributed by atoms with Crippen molar-refractivity contribution >= 4 is 31.7 Å². The van der Waals surface area contributed by atoms with E-state index in [0.29, 0.717) is 5.52 Å². The van der Waals surface area contributed by atoms with Gasteiger partial charge in [0.05, 0.1) is 10.2 Å². The Kier molecular flexibility index (Phi) is 3.08. The van der Waals surface area contributed by atoms with Crippen LogP contribution in [0.5, 0.6) is 0 Å². The summed E-state index contributed by atoms with van der Waals surface area (Å²) in [5, 5.41) is 0. The van der Waals surface area contributed by atoms with E-state index >= 15 is 0 Å². The monoisotopic (exact) mass is 305 g/mol. The lowest BCUT2D eigenvalue weighted by molar-refractivity contribution is 0.482. The summed E-state index contributed by atoms with van der Waals surface area (Å²) in [6, 6.07) is 13.5. The Morgan fingerprint density at radius 3 is 2.50 bits per heavy atom. The highest BCUT2D eigenvalue weighted by Crippen LogP contribution is 2.34. The topological polar surface area (TPSA) is 67.3 Å². The molecule has 0 aliphatic carbocycles. The minimum atomic E-state index is -4.27. The van der Waals surface area contributed by atoms with Crippen LogP contribution >= 0.6 is 11.3 Å². The second-order valence-corrected chi connectivity index (χ2v) is 7.11. The summed E-state index contributed by atoms with van der Waals surface area (Å²) in [6.07, 6.45) is 0. The molecule has 0 fully saturated rings. The molecular formula is C14H11NO3S2. The van der Waals surface area contributed by atoms with Crippen molar-refractivity contribution in [3.05, 3.63) is 48.0 Å². The standard InChI is InChI=1S/C14H11NO3S2/c1-9-7-11(10-5-3-2-4-6-10)13-12(8-9)19-14(15-13)20(16,17)18/h2-8H,1H3,(H,16,17,18). The van der Waals surface area contributed by atoms with Crippen LogP contribution in [-0.4, -0.2) is 18.0 Å². The Morgan fingerprint density at radius 1 is 1.15 bits per heavy atom. The average Bonchev–Trinajstić information content (AvgIpc) is 2.82. The van der Waals surface area contributed by atoms with Gasteiger partial charge < -0.3 is 0 Å². The minimum Gasteiger partial charge on any atom is -0.280 e. The highest BCUT2D eigenvalue weighted by molar-refractivity contribution is 7.88. The fraction of sp³-hybridized carbons (Fsp3) is 0.0714. The van der Waals surface area contributed by atoms with E-state index in [4.69, 9.17) is 4.55 Å². The van der Waals surface area contributed by atoms with Crippen molar-refractivity contribution in [1.29, 1.82) is 0 Å². The van der Waals surface area contributed by atoms with Crippen LogP contribution in [0, 0.1) is 6.92 Å². The molecule has 6 heteroatoms. The molecule has 1 aromatic heterocycles. The van der Waals surface area contributed by atoms with Crippen LogP contribution in [0.2, 0.25) is 0 Å². The van der Waals surface area contributed by atoms with Gasteiger partial charge in [0.1, 0.15) is 0 Å². The predicted octanol–water partition coefficient (Wildman–Crippen LogP) is 3.52. The average molecular weight is 305 g/mol. The van der Waals surface area contributed by atoms with E-state index in [1.165, 1.54) is 0 Å². The fourth-order valence-electron chi connectivity index (χ4n) is 2.09. The maximum atomic E-state index is 11.2. The summed E-state index contributed by atoms with van der Waals surface area (Å²) in [7, 11) is -4.27. The largest absolute Gasteiger partial charge is 0.322 e. The molecule has 1 heterocycles. The number of thiazole rings is 1. The van der Waals surface area contributed by atoms with E-state index < -0.39 is 10.1 Å². The second kappa shape index (κ2) is 4.66. The molecule has 102 valence electrons. The van der Waals surface area contributed by atoms with Crippen molar-refractivity contribution in [3.63, 3.8) is 0 Å². The van der Waals surface area contributed by atoms with Crippen LogP contribution in [0.3, 0.4) is 0 Å². The molecule has 4 nitrogen and oxygen atoms in total. The van der Waals surface area contributed by atoms with E-state index in [9.17, 15) is 8.42 Å². The van der Waals surface area contributed by atoms with Crippen molar-refractivity contribution in [2.75, 3.05) is 0 Å². The number of aryl methyl sites for hydroxylation is 1. The molecule has 0 spiro atoms. The highest BCUT2D eigenvalue weighted by Gasteiger charge is 2.18. The van der Waals surface area contributed by atoms with Crippen LogP contribution in [0.25, 0.3) is 21.3 Å². The van der Waals surface area contributed by atoms with Crippen LogP contribution in [0.15, 0.2) is 46.8 Å². The number of fused-ring (bicyclic) bond motifs is 1. The minimum absolute atomic E-state index is 0.268. The number of hydrogen-bond donors (Lipinski definition) is 1. The molecule has 20 heavy (non-hydrogen) atoms. The summed E-state index contributed by atoms with van der Waals surface area (Å²) in [5.41, 5.74) is 3.45. The van der Waals surface area contributed by atoms with Crippen LogP contribution in [-0.2, 0) is 10.1 Å². The fourth-order valence-corrected chi connectivity index (χ4v) is 3.81. The number of nitrogens with zero attached hydrogens (tertiary/aromatic N) is 1. The molecule has 0 aliphatic rings. The molecule has 3 rings (SSSR count). The molecule has 0 radical (unpaired) electrons. The Balaban J connectivity index is 2.35. The molecule has 0 saturated carbocycles. The van der Waals surface area contributed by atoms with Crippen molar-refractivity contribution in [2.24, 2.45) is 0 Å². The number of rotatable bonds is 2. The zero-order chi connectivity index (χ0) is 14.3. The van der Waals surface area contributed by atoms with Crippen LogP contribution < -0.4 is 0 Å². The third kappa shape index (κ3) is 2.33. The Labute approximate surface area is 120 Å². The smallest absolute Gasteiger partial charge is 0.280 e. The quantitative estimate of drug-likeness (QED) is 0.736. The maximum absolute atomic E-state index is 11.2. The van der Waals surface area contributed by atoms with Gasteiger partial charge in [-0.25, -0.2) is 4.98 Å². The molecule has 3 aromatic rings. The number of hydrogen-bond acceptors (Lipinski definition) is 4. The second-order valence-electron chi connectivity index (χ2n) is 4.48. The lowest BCUT2D eigenvalue weighted by atomic mass is 10.0.